The molecule has 10 heteroatoms. The number of carbonyl (C=O) groups is 6. The first-order chi connectivity index (χ1) is 16.6. The molecule has 35 heavy (non-hydrogen) atoms. The number of hydroxylamine groups is 4. The van der Waals surface area contributed by atoms with Gasteiger partial charge in [0.05, 0.1) is 25.9 Å². The molecule has 0 fully saturated rings. The summed E-state index contributed by atoms with van der Waals surface area (Å²) in [7, 11) is 0. The standard InChI is InChI=1S/C25H26N2O8/c1-18(28)13-22(30)26(16-20-9-5-3-6-10-20)34-24(32)15-25(33)35-27(23(31)14-19(2)29)17-21-11-7-4-8-12-21/h3-12H,13-17H2,1-2H3. The highest BCUT2D eigenvalue weighted by Crippen LogP contribution is 2.11. The molecule has 0 heterocycles. The molecule has 0 saturated carbocycles. The van der Waals surface area contributed by atoms with Crippen LogP contribution in [-0.2, 0) is 51.5 Å². The van der Waals surface area contributed by atoms with Crippen LogP contribution in [0.25, 0.3) is 0 Å². The first-order valence-electron chi connectivity index (χ1n) is 10.7. The Bertz CT molecular complexity index is 984. The fourth-order valence-corrected chi connectivity index (χ4v) is 2.87. The molecule has 2 aromatic rings. The van der Waals surface area contributed by atoms with Gasteiger partial charge in [0.25, 0.3) is 11.8 Å². The van der Waals surface area contributed by atoms with E-state index in [-0.39, 0.29) is 13.1 Å². The predicted octanol–water partition coefficient (Wildman–Crippen LogP) is 2.31. The molecule has 0 radical (unpaired) electrons. The van der Waals surface area contributed by atoms with Crippen molar-refractivity contribution in [1.82, 2.24) is 10.1 Å². The number of ketones is 2. The molecular weight excluding hydrogens is 456 g/mol. The summed E-state index contributed by atoms with van der Waals surface area (Å²) >= 11 is 0. The molecule has 2 aromatic carbocycles. The first kappa shape index (κ1) is 26.9. The molecule has 184 valence electrons. The Balaban J connectivity index is 2.05. The van der Waals surface area contributed by atoms with Crippen molar-refractivity contribution in [3.8, 4) is 0 Å². The van der Waals surface area contributed by atoms with Gasteiger partial charge >= 0.3 is 11.9 Å². The van der Waals surface area contributed by atoms with E-state index in [1.165, 1.54) is 13.8 Å². The van der Waals surface area contributed by atoms with Crippen LogP contribution in [0, 0.1) is 0 Å². The van der Waals surface area contributed by atoms with E-state index in [9.17, 15) is 28.8 Å². The summed E-state index contributed by atoms with van der Waals surface area (Å²) in [6, 6.07) is 17.2. The van der Waals surface area contributed by atoms with Gasteiger partial charge in [-0.25, -0.2) is 9.59 Å². The second kappa shape index (κ2) is 13.4. The molecule has 0 N–H and O–H groups in total. The Morgan fingerprint density at radius 3 is 1.23 bits per heavy atom. The van der Waals surface area contributed by atoms with Gasteiger partial charge < -0.3 is 9.68 Å². The number of hydrogen-bond donors (Lipinski definition) is 0. The van der Waals surface area contributed by atoms with Crippen LogP contribution in [0.1, 0.15) is 44.2 Å². The number of nitrogens with zero attached hydrogens (tertiary/aromatic N) is 2. The SMILES string of the molecule is CC(=O)CC(=O)N(Cc1ccccc1)OC(=O)CC(=O)ON(Cc1ccccc1)C(=O)CC(C)=O. The quantitative estimate of drug-likeness (QED) is 0.373. The Morgan fingerprint density at radius 1 is 0.571 bits per heavy atom. The van der Waals surface area contributed by atoms with Gasteiger partial charge in [0.2, 0.25) is 0 Å². The Hall–Kier alpha value is -4.34. The minimum Gasteiger partial charge on any atom is -0.337 e. The van der Waals surface area contributed by atoms with Crippen molar-refractivity contribution in [3.05, 3.63) is 71.8 Å². The van der Waals surface area contributed by atoms with Crippen molar-refractivity contribution < 1.29 is 38.4 Å². The third-order valence-electron chi connectivity index (χ3n) is 4.41. The molecule has 10 nitrogen and oxygen atoms in total. The summed E-state index contributed by atoms with van der Waals surface area (Å²) < 4.78 is 0. The minimum absolute atomic E-state index is 0.134. The van der Waals surface area contributed by atoms with E-state index < -0.39 is 54.6 Å². The highest BCUT2D eigenvalue weighted by atomic mass is 16.7. The fraction of sp³-hybridized carbons (Fsp3) is 0.280. The van der Waals surface area contributed by atoms with E-state index in [1.54, 1.807) is 60.7 Å². The Labute approximate surface area is 202 Å². The van der Waals surface area contributed by atoms with Crippen LogP contribution in [0.2, 0.25) is 0 Å². The molecule has 2 rings (SSSR count). The number of Topliss-reactive ketones (excluding diaryl/α,β-unsaturated/α-hetero) is 2. The average molecular weight is 482 g/mol. The summed E-state index contributed by atoms with van der Waals surface area (Å²) in [5.74, 6) is -4.62. The summed E-state index contributed by atoms with van der Waals surface area (Å²) in [6.07, 6.45) is -1.90. The van der Waals surface area contributed by atoms with Gasteiger partial charge in [-0.1, -0.05) is 60.7 Å². The molecule has 0 aromatic heterocycles. The lowest BCUT2D eigenvalue weighted by Crippen LogP contribution is -2.37. The molecule has 0 aliphatic carbocycles. The second-order valence-electron chi connectivity index (χ2n) is 7.69. The summed E-state index contributed by atoms with van der Waals surface area (Å²) in [5.41, 5.74) is 1.26. The molecule has 0 aliphatic rings. The van der Waals surface area contributed by atoms with Crippen molar-refractivity contribution in [2.45, 2.75) is 46.2 Å². The van der Waals surface area contributed by atoms with Crippen molar-refractivity contribution in [1.29, 1.82) is 0 Å². The lowest BCUT2D eigenvalue weighted by atomic mass is 10.2. The zero-order chi connectivity index (χ0) is 25.8. The molecule has 0 unspecified atom stereocenters. The number of carbonyl (C=O) groups excluding carboxylic acids is 6. The van der Waals surface area contributed by atoms with E-state index in [1.807, 2.05) is 0 Å². The van der Waals surface area contributed by atoms with E-state index in [2.05, 4.69) is 0 Å². The van der Waals surface area contributed by atoms with Crippen molar-refractivity contribution in [2.75, 3.05) is 0 Å². The molecule has 0 bridgehead atoms. The lowest BCUT2D eigenvalue weighted by Gasteiger charge is -2.22. The normalized spacial score (nSPS) is 10.1. The number of rotatable bonds is 10. The van der Waals surface area contributed by atoms with Crippen LogP contribution in [0.15, 0.2) is 60.7 Å². The van der Waals surface area contributed by atoms with Gasteiger partial charge in [-0.2, -0.15) is 10.1 Å². The molecule has 2 amide bonds. The second-order valence-corrected chi connectivity index (χ2v) is 7.69. The topological polar surface area (TPSA) is 127 Å². The lowest BCUT2D eigenvalue weighted by molar-refractivity contribution is -0.210. The van der Waals surface area contributed by atoms with Gasteiger partial charge in [0, 0.05) is 0 Å². The van der Waals surface area contributed by atoms with E-state index in [0.29, 0.717) is 21.3 Å². The monoisotopic (exact) mass is 482 g/mol. The summed E-state index contributed by atoms with van der Waals surface area (Å²) in [4.78, 5) is 82.3. The largest absolute Gasteiger partial charge is 0.343 e. The highest BCUT2D eigenvalue weighted by molar-refractivity contribution is 5.98. The van der Waals surface area contributed by atoms with Gasteiger partial charge in [-0.15, -0.1) is 0 Å². The van der Waals surface area contributed by atoms with Gasteiger partial charge in [-0.05, 0) is 25.0 Å². The van der Waals surface area contributed by atoms with Crippen LogP contribution >= 0.6 is 0 Å². The Morgan fingerprint density at radius 2 is 0.914 bits per heavy atom. The van der Waals surface area contributed by atoms with Crippen LogP contribution in [0.5, 0.6) is 0 Å². The fourth-order valence-electron chi connectivity index (χ4n) is 2.87. The molecule has 0 atom stereocenters. The van der Waals surface area contributed by atoms with Crippen LogP contribution in [0.3, 0.4) is 0 Å². The van der Waals surface area contributed by atoms with Crippen LogP contribution in [0.4, 0.5) is 0 Å². The van der Waals surface area contributed by atoms with E-state index in [4.69, 9.17) is 9.68 Å². The predicted molar refractivity (Wildman–Crippen MR) is 121 cm³/mol. The average Bonchev–Trinajstić information content (AvgIpc) is 2.78. The highest BCUT2D eigenvalue weighted by Gasteiger charge is 2.26. The summed E-state index contributed by atoms with van der Waals surface area (Å²) in [6.45, 7) is 2.17. The molecule has 0 spiro atoms. The van der Waals surface area contributed by atoms with Crippen LogP contribution < -0.4 is 0 Å². The number of amides is 2. The van der Waals surface area contributed by atoms with Gasteiger partial charge in [0.15, 0.2) is 0 Å². The van der Waals surface area contributed by atoms with Gasteiger partial charge in [-0.3, -0.25) is 19.2 Å². The van der Waals surface area contributed by atoms with Crippen molar-refractivity contribution in [3.63, 3.8) is 0 Å². The minimum atomic E-state index is -1.12. The third-order valence-corrected chi connectivity index (χ3v) is 4.41. The third kappa shape index (κ3) is 9.99. The Kier molecular flexibility index (Phi) is 10.3. The zero-order valence-corrected chi connectivity index (χ0v) is 19.5. The van der Waals surface area contributed by atoms with E-state index in [0.717, 1.165) is 0 Å². The van der Waals surface area contributed by atoms with Crippen molar-refractivity contribution >= 4 is 35.3 Å². The first-order valence-corrected chi connectivity index (χ1v) is 10.7. The number of hydrogen-bond acceptors (Lipinski definition) is 8. The zero-order valence-electron chi connectivity index (χ0n) is 19.5. The smallest absolute Gasteiger partial charge is 0.337 e. The molecule has 0 saturated heterocycles. The molecular formula is C25H26N2O8. The van der Waals surface area contributed by atoms with Gasteiger partial charge in [0.1, 0.15) is 18.0 Å². The maximum absolute atomic E-state index is 12.4. The van der Waals surface area contributed by atoms with E-state index >= 15 is 0 Å². The molecule has 0 aliphatic heterocycles. The maximum Gasteiger partial charge on any atom is 0.343 e. The van der Waals surface area contributed by atoms with Crippen molar-refractivity contribution in [2.24, 2.45) is 0 Å². The number of benzene rings is 2. The van der Waals surface area contributed by atoms with Crippen LogP contribution in [-0.4, -0.2) is 45.4 Å². The summed E-state index contributed by atoms with van der Waals surface area (Å²) in [5, 5.41) is 1.41. The maximum atomic E-state index is 12.4.